The first-order valence-corrected chi connectivity index (χ1v) is 12.1. The summed E-state index contributed by atoms with van der Waals surface area (Å²) in [4.78, 5) is 27.6. The van der Waals surface area contributed by atoms with Crippen molar-refractivity contribution in [2.24, 2.45) is 5.41 Å². The molecule has 0 bridgehead atoms. The predicted octanol–water partition coefficient (Wildman–Crippen LogP) is 7.00. The van der Waals surface area contributed by atoms with E-state index in [1.165, 1.54) is 0 Å². The first-order chi connectivity index (χ1) is 18.4. The summed E-state index contributed by atoms with van der Waals surface area (Å²) in [6, 6.07) is 27.7. The van der Waals surface area contributed by atoms with Crippen molar-refractivity contribution in [3.63, 3.8) is 0 Å². The van der Waals surface area contributed by atoms with E-state index in [1.54, 1.807) is 109 Å². The average Bonchev–Trinajstić information content (AvgIpc) is 2.93. The van der Waals surface area contributed by atoms with Crippen molar-refractivity contribution >= 4 is 22.9 Å². The first-order valence-electron chi connectivity index (χ1n) is 12.1. The van der Waals surface area contributed by atoms with Gasteiger partial charge < -0.3 is 20.9 Å². The van der Waals surface area contributed by atoms with Crippen LogP contribution in [0.1, 0.15) is 27.1 Å². The Hall–Kier alpha value is -5.10. The molecule has 0 radical (unpaired) electrons. The summed E-state index contributed by atoms with van der Waals surface area (Å²) in [6.45, 7) is 0. The van der Waals surface area contributed by atoms with Crippen LogP contribution in [0.2, 0.25) is 0 Å². The third-order valence-electron chi connectivity index (χ3n) is 6.30. The molecule has 1 aliphatic rings. The van der Waals surface area contributed by atoms with E-state index in [4.69, 9.17) is 20.9 Å². The second-order valence-corrected chi connectivity index (χ2v) is 9.02. The van der Waals surface area contributed by atoms with Gasteiger partial charge in [0.15, 0.2) is 11.6 Å². The van der Waals surface area contributed by atoms with Crippen LogP contribution in [0, 0.1) is 5.41 Å². The summed E-state index contributed by atoms with van der Waals surface area (Å²) in [7, 11) is 0. The number of anilines is 2. The maximum atomic E-state index is 13.8. The van der Waals surface area contributed by atoms with Gasteiger partial charge in [-0.15, -0.1) is 0 Å². The molecule has 0 fully saturated rings. The molecule has 0 amide bonds. The Morgan fingerprint density at radius 1 is 0.605 bits per heavy atom. The molecular formula is C32H26N2O4. The van der Waals surface area contributed by atoms with Crippen LogP contribution in [0.25, 0.3) is 0 Å². The number of carbonyl (C=O) groups is 2. The SMILES string of the molecule is Nc1cccc(Oc2ccc(C(=O)C3(C(=O)c4ccc(Oc5cccc(N)c5)cc4)C=CC=CC3)cc2)c1. The zero-order valence-corrected chi connectivity index (χ0v) is 20.5. The molecule has 0 heterocycles. The zero-order valence-electron chi connectivity index (χ0n) is 20.5. The summed E-state index contributed by atoms with van der Waals surface area (Å²) in [5.74, 6) is 1.75. The molecule has 0 saturated carbocycles. The van der Waals surface area contributed by atoms with Gasteiger partial charge in [-0.05, 0) is 79.2 Å². The highest BCUT2D eigenvalue weighted by molar-refractivity contribution is 6.21. The molecule has 4 aromatic carbocycles. The molecule has 4 N–H and O–H groups in total. The number of hydrogen-bond acceptors (Lipinski definition) is 6. The highest BCUT2D eigenvalue weighted by Crippen LogP contribution is 2.37. The number of benzene rings is 4. The van der Waals surface area contributed by atoms with Gasteiger partial charge in [0.25, 0.3) is 0 Å². The van der Waals surface area contributed by atoms with E-state index in [-0.39, 0.29) is 18.0 Å². The lowest BCUT2D eigenvalue weighted by Gasteiger charge is -2.28. The maximum absolute atomic E-state index is 13.8. The Bertz CT molecular complexity index is 1430. The Morgan fingerprint density at radius 2 is 1.08 bits per heavy atom. The highest BCUT2D eigenvalue weighted by Gasteiger charge is 2.43. The fraction of sp³-hybridized carbons (Fsp3) is 0.0625. The molecule has 0 unspecified atom stereocenters. The fourth-order valence-electron chi connectivity index (χ4n) is 4.35. The molecule has 0 spiro atoms. The second-order valence-electron chi connectivity index (χ2n) is 9.02. The molecule has 5 rings (SSSR count). The topological polar surface area (TPSA) is 105 Å². The fourth-order valence-corrected chi connectivity index (χ4v) is 4.35. The van der Waals surface area contributed by atoms with Gasteiger partial charge in [0.05, 0.1) is 0 Å². The standard InChI is InChI=1S/C32H26N2O4/c33-24-6-4-8-28(20-24)37-26-14-10-22(11-15-26)30(35)32(18-2-1-3-19-32)31(36)23-12-16-27(17-13-23)38-29-9-5-7-25(34)21-29/h1-18,20-21H,19,33-34H2. The van der Waals surface area contributed by atoms with Gasteiger partial charge in [0.1, 0.15) is 28.4 Å². The van der Waals surface area contributed by atoms with E-state index < -0.39 is 5.41 Å². The largest absolute Gasteiger partial charge is 0.457 e. The Balaban J connectivity index is 1.36. The number of ketones is 2. The summed E-state index contributed by atoms with van der Waals surface area (Å²) >= 11 is 0. The van der Waals surface area contributed by atoms with Crippen LogP contribution in [0.5, 0.6) is 23.0 Å². The van der Waals surface area contributed by atoms with E-state index in [1.807, 2.05) is 12.2 Å². The number of nitrogens with two attached hydrogens (primary N) is 2. The number of hydrogen-bond donors (Lipinski definition) is 2. The monoisotopic (exact) mass is 502 g/mol. The lowest BCUT2D eigenvalue weighted by atomic mass is 9.70. The van der Waals surface area contributed by atoms with E-state index >= 15 is 0 Å². The molecule has 1 aliphatic carbocycles. The van der Waals surface area contributed by atoms with Crippen molar-refractivity contribution < 1.29 is 19.1 Å². The summed E-state index contributed by atoms with van der Waals surface area (Å²) in [5.41, 5.74) is 12.3. The lowest BCUT2D eigenvalue weighted by Crippen LogP contribution is -2.38. The smallest absolute Gasteiger partial charge is 0.180 e. The van der Waals surface area contributed by atoms with Crippen molar-refractivity contribution in [3.8, 4) is 23.0 Å². The van der Waals surface area contributed by atoms with Crippen LogP contribution in [0.4, 0.5) is 11.4 Å². The number of carbonyl (C=O) groups excluding carboxylic acids is 2. The van der Waals surface area contributed by atoms with Crippen molar-refractivity contribution in [1.29, 1.82) is 0 Å². The normalized spacial score (nSPS) is 13.6. The molecule has 4 aromatic rings. The zero-order chi connectivity index (χ0) is 26.5. The summed E-state index contributed by atoms with van der Waals surface area (Å²) in [6.07, 6.45) is 7.37. The van der Waals surface area contributed by atoms with Crippen LogP contribution in [0.15, 0.2) is 121 Å². The maximum Gasteiger partial charge on any atom is 0.180 e. The van der Waals surface area contributed by atoms with Gasteiger partial charge in [-0.1, -0.05) is 36.4 Å². The predicted molar refractivity (Wildman–Crippen MR) is 149 cm³/mol. The van der Waals surface area contributed by atoms with Crippen LogP contribution in [0.3, 0.4) is 0 Å². The van der Waals surface area contributed by atoms with E-state index in [0.29, 0.717) is 45.5 Å². The van der Waals surface area contributed by atoms with Crippen molar-refractivity contribution in [2.75, 3.05) is 11.5 Å². The van der Waals surface area contributed by atoms with E-state index in [2.05, 4.69) is 0 Å². The molecule has 0 saturated heterocycles. The van der Waals surface area contributed by atoms with E-state index in [0.717, 1.165) is 0 Å². The van der Waals surface area contributed by atoms with Gasteiger partial charge >= 0.3 is 0 Å². The average molecular weight is 503 g/mol. The van der Waals surface area contributed by atoms with Gasteiger partial charge in [-0.3, -0.25) is 9.59 Å². The quantitative estimate of drug-likeness (QED) is 0.153. The third kappa shape index (κ3) is 5.20. The van der Waals surface area contributed by atoms with Crippen molar-refractivity contribution in [3.05, 3.63) is 132 Å². The molecule has 0 aliphatic heterocycles. The minimum atomic E-state index is -1.35. The number of Topliss-reactive ketones (excluding diaryl/α,β-unsaturated/α-hetero) is 2. The number of allylic oxidation sites excluding steroid dienone is 4. The molecule has 188 valence electrons. The third-order valence-corrected chi connectivity index (χ3v) is 6.30. The molecule has 6 heteroatoms. The first kappa shape index (κ1) is 24.6. The summed E-state index contributed by atoms with van der Waals surface area (Å²) in [5, 5.41) is 0. The molecule has 6 nitrogen and oxygen atoms in total. The van der Waals surface area contributed by atoms with Gasteiger partial charge in [0, 0.05) is 34.6 Å². The number of rotatable bonds is 8. The Kier molecular flexibility index (Phi) is 6.78. The Labute approximate surface area is 220 Å². The summed E-state index contributed by atoms with van der Waals surface area (Å²) < 4.78 is 11.7. The van der Waals surface area contributed by atoms with E-state index in [9.17, 15) is 9.59 Å². The lowest BCUT2D eigenvalue weighted by molar-refractivity contribution is 0.0727. The van der Waals surface area contributed by atoms with Crippen LogP contribution >= 0.6 is 0 Å². The van der Waals surface area contributed by atoms with Gasteiger partial charge in [-0.2, -0.15) is 0 Å². The highest BCUT2D eigenvalue weighted by atomic mass is 16.5. The minimum absolute atomic E-state index is 0.268. The molecule has 38 heavy (non-hydrogen) atoms. The molecule has 0 aromatic heterocycles. The number of ether oxygens (including phenoxy) is 2. The van der Waals surface area contributed by atoms with Crippen LogP contribution in [-0.2, 0) is 0 Å². The van der Waals surface area contributed by atoms with Crippen LogP contribution in [-0.4, -0.2) is 11.6 Å². The van der Waals surface area contributed by atoms with Crippen LogP contribution < -0.4 is 20.9 Å². The van der Waals surface area contributed by atoms with Crippen molar-refractivity contribution in [1.82, 2.24) is 0 Å². The number of nitrogen functional groups attached to an aromatic ring is 2. The minimum Gasteiger partial charge on any atom is -0.457 e. The molecule has 0 atom stereocenters. The Morgan fingerprint density at radius 3 is 1.47 bits per heavy atom. The van der Waals surface area contributed by atoms with Gasteiger partial charge in [-0.25, -0.2) is 0 Å². The van der Waals surface area contributed by atoms with Gasteiger partial charge in [0.2, 0.25) is 0 Å². The molecular weight excluding hydrogens is 476 g/mol. The second kappa shape index (κ2) is 10.5. The van der Waals surface area contributed by atoms with Crippen molar-refractivity contribution in [2.45, 2.75) is 6.42 Å².